The zero-order valence-corrected chi connectivity index (χ0v) is 21.2. The van der Waals surface area contributed by atoms with Gasteiger partial charge in [-0.1, -0.05) is 41.7 Å². The molecule has 1 aromatic heterocycles. The Balaban J connectivity index is 0.00000341. The Morgan fingerprint density at radius 1 is 1.00 bits per heavy atom. The van der Waals surface area contributed by atoms with Crippen LogP contribution in [-0.4, -0.2) is 48.7 Å². The average molecular weight is 478 g/mol. The minimum Gasteiger partial charge on any atom is -0.309 e. The Morgan fingerprint density at radius 3 is 2.39 bits per heavy atom. The number of halogens is 1. The van der Waals surface area contributed by atoms with Crippen molar-refractivity contribution in [1.82, 2.24) is 9.88 Å². The predicted molar refractivity (Wildman–Crippen MR) is 138 cm³/mol. The Labute approximate surface area is 200 Å². The Bertz CT molecular complexity index is 937. The molecule has 0 saturated carbocycles. The van der Waals surface area contributed by atoms with E-state index in [0.717, 1.165) is 41.4 Å². The van der Waals surface area contributed by atoms with Gasteiger partial charge in [-0.3, -0.25) is 9.69 Å². The Hall–Kier alpha value is -1.60. The van der Waals surface area contributed by atoms with E-state index in [1.165, 1.54) is 15.2 Å². The highest BCUT2D eigenvalue weighted by Crippen LogP contribution is 2.33. The van der Waals surface area contributed by atoms with Crippen LogP contribution in [0.2, 0.25) is 0 Å². The van der Waals surface area contributed by atoms with Crippen molar-refractivity contribution >= 4 is 56.8 Å². The van der Waals surface area contributed by atoms with Gasteiger partial charge in [0, 0.05) is 17.9 Å². The van der Waals surface area contributed by atoms with Gasteiger partial charge in [-0.2, -0.15) is 0 Å². The van der Waals surface area contributed by atoms with Crippen LogP contribution in [0.25, 0.3) is 10.2 Å². The summed E-state index contributed by atoms with van der Waals surface area (Å²) in [6.45, 7) is 5.87. The van der Waals surface area contributed by atoms with Crippen molar-refractivity contribution in [2.75, 3.05) is 37.8 Å². The van der Waals surface area contributed by atoms with Crippen molar-refractivity contribution in [3.63, 3.8) is 0 Å². The van der Waals surface area contributed by atoms with Crippen LogP contribution in [0.4, 0.5) is 5.13 Å². The van der Waals surface area contributed by atoms with Gasteiger partial charge in [0.2, 0.25) is 5.91 Å². The Kier molecular flexibility index (Phi) is 10.3. The molecule has 0 unspecified atom stereocenters. The number of aromatic nitrogens is 1. The van der Waals surface area contributed by atoms with Crippen LogP contribution in [0.1, 0.15) is 30.4 Å². The van der Waals surface area contributed by atoms with Crippen molar-refractivity contribution in [1.29, 1.82) is 0 Å². The number of carbonyl (C=O) groups excluding carboxylic acids is 1. The van der Waals surface area contributed by atoms with Crippen LogP contribution in [0.3, 0.4) is 0 Å². The standard InChI is InChI=1S/C24H31N3OS2.ClH/c1-18-13-14-19(2)23-22(18)25-24(30-23)27(16-9-15-26(3)4)21(28)12-8-17-29-20-10-6-5-7-11-20;/h5-7,10-11,13-14H,8-9,12,15-17H2,1-4H3;1H. The van der Waals surface area contributed by atoms with Crippen LogP contribution >= 0.6 is 35.5 Å². The molecule has 0 radical (unpaired) electrons. The zero-order valence-electron chi connectivity index (χ0n) is 18.8. The summed E-state index contributed by atoms with van der Waals surface area (Å²) in [5.41, 5.74) is 3.41. The SMILES string of the molecule is Cc1ccc(C)c2sc(N(CCCN(C)C)C(=O)CCCSc3ccccc3)nc12.Cl. The number of thioether (sulfide) groups is 1. The number of anilines is 1. The molecule has 0 saturated heterocycles. The molecule has 168 valence electrons. The quantitative estimate of drug-likeness (QED) is 0.257. The van der Waals surface area contributed by atoms with Gasteiger partial charge in [0.1, 0.15) is 0 Å². The summed E-state index contributed by atoms with van der Waals surface area (Å²) in [5, 5.41) is 0.835. The second-order valence-electron chi connectivity index (χ2n) is 7.84. The van der Waals surface area contributed by atoms with Crippen molar-refractivity contribution in [3.05, 3.63) is 53.6 Å². The molecule has 1 amide bonds. The summed E-state index contributed by atoms with van der Waals surface area (Å²) in [5.74, 6) is 1.12. The van der Waals surface area contributed by atoms with E-state index < -0.39 is 0 Å². The number of carbonyl (C=O) groups is 1. The highest BCUT2D eigenvalue weighted by Gasteiger charge is 2.20. The maximum Gasteiger partial charge on any atom is 0.228 e. The summed E-state index contributed by atoms with van der Waals surface area (Å²) < 4.78 is 1.19. The van der Waals surface area contributed by atoms with Crippen molar-refractivity contribution in [2.45, 2.75) is 38.0 Å². The van der Waals surface area contributed by atoms with E-state index >= 15 is 0 Å². The van der Waals surface area contributed by atoms with Crippen LogP contribution in [0, 0.1) is 13.8 Å². The second kappa shape index (κ2) is 12.4. The van der Waals surface area contributed by atoms with Crippen LogP contribution in [0.15, 0.2) is 47.4 Å². The normalized spacial score (nSPS) is 11.0. The third-order valence-electron chi connectivity index (χ3n) is 5.00. The highest BCUT2D eigenvalue weighted by atomic mass is 35.5. The first-order chi connectivity index (χ1) is 14.5. The lowest BCUT2D eigenvalue weighted by Crippen LogP contribution is -2.33. The molecule has 31 heavy (non-hydrogen) atoms. The van der Waals surface area contributed by atoms with Crippen molar-refractivity contribution in [3.8, 4) is 0 Å². The van der Waals surface area contributed by atoms with Gasteiger partial charge in [0.15, 0.2) is 5.13 Å². The number of amides is 1. The molecule has 0 aliphatic carbocycles. The van der Waals surface area contributed by atoms with Crippen molar-refractivity contribution < 1.29 is 4.79 Å². The summed E-state index contributed by atoms with van der Waals surface area (Å²) in [7, 11) is 4.13. The fraction of sp³-hybridized carbons (Fsp3) is 0.417. The molecule has 0 aliphatic heterocycles. The number of aryl methyl sites for hydroxylation is 2. The van der Waals surface area contributed by atoms with E-state index in [-0.39, 0.29) is 18.3 Å². The van der Waals surface area contributed by atoms with Crippen LogP contribution in [0.5, 0.6) is 0 Å². The summed E-state index contributed by atoms with van der Waals surface area (Å²) >= 11 is 3.45. The first-order valence-electron chi connectivity index (χ1n) is 10.5. The molecule has 0 atom stereocenters. The monoisotopic (exact) mass is 477 g/mol. The van der Waals surface area contributed by atoms with Gasteiger partial charge in [-0.15, -0.1) is 24.2 Å². The van der Waals surface area contributed by atoms with Gasteiger partial charge in [-0.25, -0.2) is 4.98 Å². The molecule has 0 spiro atoms. The first kappa shape index (κ1) is 25.7. The van der Waals surface area contributed by atoms with E-state index in [2.05, 4.69) is 69.2 Å². The van der Waals surface area contributed by atoms with E-state index in [9.17, 15) is 4.79 Å². The van der Waals surface area contributed by atoms with Gasteiger partial charge in [0.25, 0.3) is 0 Å². The molecular formula is C24H32ClN3OS2. The third-order valence-corrected chi connectivity index (χ3v) is 7.31. The van der Waals surface area contributed by atoms with Gasteiger partial charge in [0.05, 0.1) is 10.2 Å². The maximum atomic E-state index is 13.1. The van der Waals surface area contributed by atoms with Gasteiger partial charge in [-0.05, 0) is 76.3 Å². The molecule has 2 aromatic carbocycles. The third kappa shape index (κ3) is 7.21. The smallest absolute Gasteiger partial charge is 0.228 e. The molecule has 7 heteroatoms. The number of fused-ring (bicyclic) bond motifs is 1. The minimum atomic E-state index is 0. The number of hydrogen-bond donors (Lipinski definition) is 0. The van der Waals surface area contributed by atoms with Gasteiger partial charge >= 0.3 is 0 Å². The van der Waals surface area contributed by atoms with Gasteiger partial charge < -0.3 is 4.90 Å². The molecule has 0 N–H and O–H groups in total. The van der Waals surface area contributed by atoms with Crippen LogP contribution in [-0.2, 0) is 4.79 Å². The molecule has 0 bridgehead atoms. The highest BCUT2D eigenvalue weighted by molar-refractivity contribution is 7.99. The summed E-state index contributed by atoms with van der Waals surface area (Å²) in [4.78, 5) is 23.3. The molecule has 3 rings (SSSR count). The largest absolute Gasteiger partial charge is 0.309 e. The molecular weight excluding hydrogens is 446 g/mol. The maximum absolute atomic E-state index is 13.1. The molecule has 3 aromatic rings. The Morgan fingerprint density at radius 2 is 1.71 bits per heavy atom. The van der Waals surface area contributed by atoms with Crippen LogP contribution < -0.4 is 4.90 Å². The first-order valence-corrected chi connectivity index (χ1v) is 12.3. The van der Waals surface area contributed by atoms with Crippen molar-refractivity contribution in [2.24, 2.45) is 0 Å². The minimum absolute atomic E-state index is 0. The summed E-state index contributed by atoms with van der Waals surface area (Å²) in [6, 6.07) is 14.6. The second-order valence-corrected chi connectivity index (χ2v) is 9.99. The number of hydrogen-bond acceptors (Lipinski definition) is 5. The molecule has 0 aliphatic rings. The summed E-state index contributed by atoms with van der Waals surface area (Å²) in [6.07, 6.45) is 2.35. The number of nitrogens with zero attached hydrogens (tertiary/aromatic N) is 3. The predicted octanol–water partition coefficient (Wildman–Crippen LogP) is 6.19. The fourth-order valence-corrected chi connectivity index (χ4v) is 5.33. The van der Waals surface area contributed by atoms with E-state index in [0.29, 0.717) is 13.0 Å². The molecule has 4 nitrogen and oxygen atoms in total. The topological polar surface area (TPSA) is 36.4 Å². The lowest BCUT2D eigenvalue weighted by molar-refractivity contribution is -0.118. The zero-order chi connectivity index (χ0) is 21.5. The molecule has 0 fully saturated rings. The van der Waals surface area contributed by atoms with E-state index in [1.54, 1.807) is 11.3 Å². The average Bonchev–Trinajstić information content (AvgIpc) is 3.18. The number of thiazole rings is 1. The lowest BCUT2D eigenvalue weighted by atomic mass is 10.1. The number of rotatable bonds is 10. The number of benzene rings is 2. The van der Waals surface area contributed by atoms with E-state index in [4.69, 9.17) is 4.98 Å². The molecule has 1 heterocycles. The fourth-order valence-electron chi connectivity index (χ4n) is 3.30. The van der Waals surface area contributed by atoms with E-state index in [1.807, 2.05) is 22.7 Å². The lowest BCUT2D eigenvalue weighted by Gasteiger charge is -2.21.